The number of fused-ring (bicyclic) bond motifs is 2. The van der Waals surface area contributed by atoms with E-state index in [1.807, 2.05) is 106 Å². The van der Waals surface area contributed by atoms with Crippen molar-refractivity contribution in [2.24, 2.45) is 4.99 Å². The molecule has 200 valence electrons. The molecule has 0 unspecified atom stereocenters. The molecule has 3 heterocycles. The molecule has 3 aromatic carbocycles. The minimum atomic E-state index is -0.651. The van der Waals surface area contributed by atoms with Crippen molar-refractivity contribution in [1.82, 2.24) is 9.55 Å². The number of rotatable bonds is 6. The lowest BCUT2D eigenvalue weighted by molar-refractivity contribution is -0.113. The van der Waals surface area contributed by atoms with Gasteiger partial charge in [-0.2, -0.15) is 0 Å². The monoisotopic (exact) mass is 548 g/mol. The number of benzene rings is 3. The highest BCUT2D eigenvalue weighted by Crippen LogP contribution is 2.32. The van der Waals surface area contributed by atoms with Gasteiger partial charge in [0.05, 0.1) is 28.5 Å². The van der Waals surface area contributed by atoms with Gasteiger partial charge in [-0.1, -0.05) is 59.9 Å². The topological polar surface area (TPSA) is 88.5 Å². The summed E-state index contributed by atoms with van der Waals surface area (Å²) in [5, 5.41) is 4.04. The van der Waals surface area contributed by atoms with Gasteiger partial charge in [-0.05, 0) is 62.7 Å². The average molecular weight is 549 g/mol. The predicted molar refractivity (Wildman–Crippen MR) is 159 cm³/mol. The van der Waals surface area contributed by atoms with E-state index in [1.165, 1.54) is 11.3 Å². The van der Waals surface area contributed by atoms with E-state index in [4.69, 9.17) is 9.73 Å². The first-order valence-corrected chi connectivity index (χ1v) is 13.9. The number of aryl methyl sites for hydroxylation is 1. The Hall–Kier alpha value is -4.69. The number of carbonyl (C=O) groups is 1. The van der Waals surface area contributed by atoms with Crippen LogP contribution >= 0.6 is 11.3 Å². The maximum Gasteiger partial charge on any atom is 0.271 e. The molecule has 2 aromatic heterocycles. The van der Waals surface area contributed by atoms with Gasteiger partial charge < -0.3 is 15.0 Å². The Balaban J connectivity index is 1.52. The van der Waals surface area contributed by atoms with Crippen molar-refractivity contribution in [3.05, 3.63) is 127 Å². The van der Waals surface area contributed by atoms with Crippen molar-refractivity contribution < 1.29 is 9.53 Å². The summed E-state index contributed by atoms with van der Waals surface area (Å²) < 4.78 is 7.84. The van der Waals surface area contributed by atoms with Crippen molar-refractivity contribution >= 4 is 39.9 Å². The van der Waals surface area contributed by atoms with Crippen LogP contribution in [-0.2, 0) is 4.79 Å². The number of nitrogens with zero attached hydrogens (tertiary/aromatic N) is 2. The van der Waals surface area contributed by atoms with Crippen LogP contribution in [0, 0.1) is 6.92 Å². The van der Waals surface area contributed by atoms with E-state index < -0.39 is 6.04 Å². The summed E-state index contributed by atoms with van der Waals surface area (Å²) in [4.78, 5) is 36.5. The Morgan fingerprint density at radius 3 is 2.52 bits per heavy atom. The lowest BCUT2D eigenvalue weighted by atomic mass is 9.95. The number of ether oxygens (including phenoxy) is 1. The second-order valence-electron chi connectivity index (χ2n) is 9.61. The Bertz CT molecular complexity index is 1950. The summed E-state index contributed by atoms with van der Waals surface area (Å²) in [7, 11) is 0. The van der Waals surface area contributed by atoms with E-state index in [1.54, 1.807) is 4.57 Å². The van der Waals surface area contributed by atoms with Gasteiger partial charge in [0.1, 0.15) is 5.75 Å². The Morgan fingerprint density at radius 2 is 1.77 bits per heavy atom. The molecule has 0 aliphatic carbocycles. The summed E-state index contributed by atoms with van der Waals surface area (Å²) >= 11 is 1.33. The summed E-state index contributed by atoms with van der Waals surface area (Å²) in [5.41, 5.74) is 5.24. The zero-order valence-electron chi connectivity index (χ0n) is 22.4. The van der Waals surface area contributed by atoms with Gasteiger partial charge in [0.25, 0.3) is 11.5 Å². The van der Waals surface area contributed by atoms with Gasteiger partial charge >= 0.3 is 0 Å². The van der Waals surface area contributed by atoms with E-state index in [9.17, 15) is 9.59 Å². The van der Waals surface area contributed by atoms with E-state index in [2.05, 4.69) is 10.3 Å². The molecule has 5 aromatic rings. The molecule has 0 bridgehead atoms. The molecular formula is C32H28N4O3S. The zero-order valence-corrected chi connectivity index (χ0v) is 23.2. The highest BCUT2D eigenvalue weighted by atomic mass is 32.1. The van der Waals surface area contributed by atoms with Crippen molar-refractivity contribution in [3.8, 4) is 5.75 Å². The number of thiazole rings is 1. The van der Waals surface area contributed by atoms with Gasteiger partial charge in [0.15, 0.2) is 4.80 Å². The van der Waals surface area contributed by atoms with Gasteiger partial charge in [-0.15, -0.1) is 0 Å². The number of carbonyl (C=O) groups excluding carboxylic acids is 1. The fourth-order valence-corrected chi connectivity index (χ4v) is 6.20. The first-order valence-electron chi connectivity index (χ1n) is 13.1. The van der Waals surface area contributed by atoms with Crippen LogP contribution in [0.1, 0.15) is 36.7 Å². The molecule has 1 atom stereocenters. The summed E-state index contributed by atoms with van der Waals surface area (Å²) in [6, 6.07) is 24.2. The Labute approximate surface area is 234 Å². The molecule has 6 rings (SSSR count). The third kappa shape index (κ3) is 4.56. The molecule has 2 N–H and O–H groups in total. The second-order valence-corrected chi connectivity index (χ2v) is 10.6. The number of aromatic amines is 1. The highest BCUT2D eigenvalue weighted by molar-refractivity contribution is 7.07. The maximum absolute atomic E-state index is 14.1. The normalized spacial score (nSPS) is 15.2. The van der Waals surface area contributed by atoms with Crippen LogP contribution in [0.4, 0.5) is 5.69 Å². The molecule has 1 amide bonds. The third-order valence-electron chi connectivity index (χ3n) is 7.02. The van der Waals surface area contributed by atoms with Crippen LogP contribution in [-0.4, -0.2) is 22.1 Å². The zero-order chi connectivity index (χ0) is 27.8. The van der Waals surface area contributed by atoms with Crippen LogP contribution in [0.25, 0.3) is 17.0 Å². The second kappa shape index (κ2) is 10.5. The van der Waals surface area contributed by atoms with E-state index >= 15 is 0 Å². The quantitative estimate of drug-likeness (QED) is 0.311. The Kier molecular flexibility index (Phi) is 6.69. The number of anilines is 1. The van der Waals surface area contributed by atoms with Crippen molar-refractivity contribution in [3.63, 3.8) is 0 Å². The van der Waals surface area contributed by atoms with Crippen molar-refractivity contribution in [2.45, 2.75) is 26.8 Å². The lowest BCUT2D eigenvalue weighted by Gasteiger charge is -2.25. The van der Waals surface area contributed by atoms with Crippen molar-refractivity contribution in [2.75, 3.05) is 11.9 Å². The number of aromatic nitrogens is 2. The molecule has 0 saturated carbocycles. The summed E-state index contributed by atoms with van der Waals surface area (Å²) in [6.45, 7) is 6.30. The van der Waals surface area contributed by atoms with Crippen LogP contribution in [0.3, 0.4) is 0 Å². The number of nitrogens with one attached hydrogen (secondary N) is 2. The molecule has 7 nitrogen and oxygen atoms in total. The van der Waals surface area contributed by atoms with Gasteiger partial charge in [-0.25, -0.2) is 4.99 Å². The van der Waals surface area contributed by atoms with Gasteiger partial charge in [0, 0.05) is 27.8 Å². The van der Waals surface area contributed by atoms with Crippen LogP contribution in [0.5, 0.6) is 5.75 Å². The molecule has 0 fully saturated rings. The minimum absolute atomic E-state index is 0.190. The summed E-state index contributed by atoms with van der Waals surface area (Å²) in [5.74, 6) is 0.428. The predicted octanol–water partition coefficient (Wildman–Crippen LogP) is 5.06. The van der Waals surface area contributed by atoms with E-state index in [0.717, 1.165) is 33.5 Å². The lowest BCUT2D eigenvalue weighted by Crippen LogP contribution is -2.40. The highest BCUT2D eigenvalue weighted by Gasteiger charge is 2.32. The van der Waals surface area contributed by atoms with Crippen LogP contribution < -0.4 is 24.9 Å². The minimum Gasteiger partial charge on any atom is -0.494 e. The molecule has 40 heavy (non-hydrogen) atoms. The van der Waals surface area contributed by atoms with Crippen LogP contribution in [0.15, 0.2) is 99.9 Å². The molecule has 1 aliphatic heterocycles. The smallest absolute Gasteiger partial charge is 0.271 e. The number of H-pyrrole nitrogens is 1. The summed E-state index contributed by atoms with van der Waals surface area (Å²) in [6.07, 6.45) is 1.93. The number of allylic oxidation sites excluding steroid dienone is 1. The Morgan fingerprint density at radius 1 is 1.05 bits per heavy atom. The van der Waals surface area contributed by atoms with Gasteiger partial charge in [0.2, 0.25) is 0 Å². The molecule has 0 spiro atoms. The molecule has 8 heteroatoms. The number of para-hydroxylation sites is 2. The van der Waals surface area contributed by atoms with Gasteiger partial charge in [-0.3, -0.25) is 14.2 Å². The molecule has 0 saturated heterocycles. The van der Waals surface area contributed by atoms with Crippen LogP contribution in [0.2, 0.25) is 0 Å². The molecular weight excluding hydrogens is 520 g/mol. The van der Waals surface area contributed by atoms with E-state index in [-0.39, 0.29) is 11.5 Å². The number of amides is 1. The maximum atomic E-state index is 14.1. The molecule has 1 aliphatic rings. The fraction of sp³-hybridized carbons (Fsp3) is 0.156. The van der Waals surface area contributed by atoms with E-state index in [0.29, 0.717) is 32.9 Å². The third-order valence-corrected chi connectivity index (χ3v) is 8.01. The standard InChI is InChI=1S/C32H28N4O3S/c1-4-39-23-16-14-21(15-17-23)29-28(30(37)35-22-10-6-5-7-11-22)20(3)34-32-36(29)31(38)27(40-32)18-25-19(2)33-26-13-9-8-12-24(25)26/h5-18,29,33H,4H2,1-3H3,(H,35,37)/b27-18-/t29-/m0/s1. The number of hydrogen-bond acceptors (Lipinski definition) is 5. The first-order chi connectivity index (χ1) is 19.4. The molecule has 0 radical (unpaired) electrons. The number of hydrogen-bond donors (Lipinski definition) is 2. The first kappa shape index (κ1) is 25.6. The average Bonchev–Trinajstić information content (AvgIpc) is 3.44. The SMILES string of the molecule is CCOc1ccc([C@H]2C(C(=O)Nc3ccccc3)=C(C)N=c3s/c(=C\c4c(C)[nH]c5ccccc45)c(=O)n32)cc1. The largest absolute Gasteiger partial charge is 0.494 e. The fourth-order valence-electron chi connectivity index (χ4n) is 5.18. The van der Waals surface area contributed by atoms with Crippen molar-refractivity contribution in [1.29, 1.82) is 0 Å².